The fourth-order valence-corrected chi connectivity index (χ4v) is 6.19. The summed E-state index contributed by atoms with van der Waals surface area (Å²) in [5.41, 5.74) is 7.77. The highest BCUT2D eigenvalue weighted by Crippen LogP contribution is 2.49. The molecule has 6 nitrogen and oxygen atoms in total. The monoisotopic (exact) mass is 614 g/mol. The Hall–Kier alpha value is -4.72. The molecule has 0 fully saturated rings. The van der Waals surface area contributed by atoms with Crippen molar-refractivity contribution in [3.8, 4) is 44.9 Å². The Morgan fingerprint density at radius 3 is 1.26 bits per heavy atom. The van der Waals surface area contributed by atoms with Gasteiger partial charge in [0.05, 0.1) is 0 Å². The van der Waals surface area contributed by atoms with Crippen LogP contribution in [0.2, 0.25) is 0 Å². The molecular weight excluding hydrogens is 576 g/mol. The Morgan fingerprint density at radius 2 is 0.891 bits per heavy atom. The average Bonchev–Trinajstić information content (AvgIpc) is 3.10. The second-order valence-corrected chi connectivity index (χ2v) is 11.1. The van der Waals surface area contributed by atoms with Crippen LogP contribution in [0.25, 0.3) is 54.9 Å². The zero-order valence-corrected chi connectivity index (χ0v) is 26.2. The number of benzene rings is 6. The van der Waals surface area contributed by atoms with Gasteiger partial charge in [-0.1, -0.05) is 84.9 Å². The van der Waals surface area contributed by atoms with E-state index in [-0.39, 0.29) is 26.8 Å². The molecule has 2 N–H and O–H groups in total. The number of aliphatic hydroxyl groups is 2. The third-order valence-electron chi connectivity index (χ3n) is 8.21. The summed E-state index contributed by atoms with van der Waals surface area (Å²) in [4.78, 5) is 0. The van der Waals surface area contributed by atoms with Gasteiger partial charge in [-0.2, -0.15) is 0 Å². The molecule has 0 aliphatic rings. The van der Waals surface area contributed by atoms with Gasteiger partial charge in [0.1, 0.15) is 11.5 Å². The third-order valence-corrected chi connectivity index (χ3v) is 8.21. The van der Waals surface area contributed by atoms with E-state index in [1.807, 2.05) is 36.4 Å². The van der Waals surface area contributed by atoms with Crippen molar-refractivity contribution in [2.75, 3.05) is 41.0 Å². The van der Waals surface area contributed by atoms with Crippen LogP contribution in [0.5, 0.6) is 11.5 Å². The number of fused-ring (bicyclic) bond motifs is 2. The van der Waals surface area contributed by atoms with E-state index >= 15 is 0 Å². The number of hydrogen-bond donors (Lipinski definition) is 2. The molecule has 0 saturated carbocycles. The minimum atomic E-state index is -0.0502. The van der Waals surface area contributed by atoms with Crippen LogP contribution in [0.15, 0.2) is 109 Å². The lowest BCUT2D eigenvalue weighted by atomic mass is 9.86. The summed E-state index contributed by atoms with van der Waals surface area (Å²) in [5, 5.41) is 24.3. The Morgan fingerprint density at radius 1 is 0.478 bits per heavy atom. The van der Waals surface area contributed by atoms with E-state index in [1.165, 1.54) is 0 Å². The lowest BCUT2D eigenvalue weighted by Crippen LogP contribution is -2.08. The van der Waals surface area contributed by atoms with Crippen LogP contribution in [0, 0.1) is 0 Å². The maximum atomic E-state index is 10.2. The highest BCUT2D eigenvalue weighted by atomic mass is 16.7. The van der Waals surface area contributed by atoms with Crippen molar-refractivity contribution in [3.05, 3.63) is 120 Å². The van der Waals surface area contributed by atoms with E-state index in [0.29, 0.717) is 24.3 Å². The molecule has 6 aromatic carbocycles. The minimum absolute atomic E-state index is 0.0275. The Labute approximate surface area is 269 Å². The molecule has 0 saturated heterocycles. The van der Waals surface area contributed by atoms with Crippen molar-refractivity contribution >= 4 is 21.5 Å². The fourth-order valence-electron chi connectivity index (χ4n) is 6.19. The molecule has 6 heteroatoms. The molecule has 0 aliphatic heterocycles. The Kier molecular flexibility index (Phi) is 9.91. The summed E-state index contributed by atoms with van der Waals surface area (Å²) in [6.07, 6.45) is 0.774. The number of methoxy groups -OCH3 is 2. The van der Waals surface area contributed by atoms with Crippen molar-refractivity contribution in [1.29, 1.82) is 0 Å². The number of rotatable bonds is 13. The van der Waals surface area contributed by atoms with Crippen molar-refractivity contribution in [2.24, 2.45) is 0 Å². The number of ether oxygens (including phenoxy) is 4. The van der Waals surface area contributed by atoms with Gasteiger partial charge in [-0.3, -0.25) is 0 Å². The zero-order valence-electron chi connectivity index (χ0n) is 26.2. The maximum absolute atomic E-state index is 10.2. The standard InChI is InChI=1S/C40H38O6/c1-43-25-45-39-31(17-19-41)23-33-21-29(27-9-5-3-6-10-27)13-15-35(33)37(39)38-36-16-14-30(28-11-7-4-8-12-28)22-34(36)24-32(18-20-42)40(38)46-26-44-2/h3-16,21-24,41-42H,17-20,25-26H2,1-2H3. The molecule has 0 bridgehead atoms. The molecular formula is C40H38O6. The van der Waals surface area contributed by atoms with Crippen LogP contribution in [0.4, 0.5) is 0 Å². The first-order chi connectivity index (χ1) is 22.7. The summed E-state index contributed by atoms with van der Waals surface area (Å²) in [6, 6.07) is 37.6. The van der Waals surface area contributed by atoms with E-state index in [4.69, 9.17) is 18.9 Å². The normalized spacial score (nSPS) is 11.3. The van der Waals surface area contributed by atoms with Crippen LogP contribution in [-0.2, 0) is 22.3 Å². The van der Waals surface area contributed by atoms with Crippen molar-refractivity contribution in [3.63, 3.8) is 0 Å². The first-order valence-corrected chi connectivity index (χ1v) is 15.4. The van der Waals surface area contributed by atoms with Crippen molar-refractivity contribution in [2.45, 2.75) is 12.8 Å². The summed E-state index contributed by atoms with van der Waals surface area (Å²) in [6.45, 7) is -0.0453. The predicted octanol–water partition coefficient (Wildman–Crippen LogP) is 8.03. The summed E-state index contributed by atoms with van der Waals surface area (Å²) in [7, 11) is 3.18. The molecule has 0 heterocycles. The molecule has 0 aliphatic carbocycles. The lowest BCUT2D eigenvalue weighted by molar-refractivity contribution is 0.0493. The lowest BCUT2D eigenvalue weighted by Gasteiger charge is -2.24. The Bertz CT molecular complexity index is 1790. The smallest absolute Gasteiger partial charge is 0.188 e. The quantitative estimate of drug-likeness (QED) is 0.128. The molecule has 0 atom stereocenters. The van der Waals surface area contributed by atoms with Gasteiger partial charge in [0, 0.05) is 38.6 Å². The molecule has 0 amide bonds. The van der Waals surface area contributed by atoms with Crippen molar-refractivity contribution in [1.82, 2.24) is 0 Å². The highest BCUT2D eigenvalue weighted by molar-refractivity contribution is 6.12. The average molecular weight is 615 g/mol. The van der Waals surface area contributed by atoms with Gasteiger partial charge in [0.15, 0.2) is 13.6 Å². The molecule has 234 valence electrons. The number of hydrogen-bond acceptors (Lipinski definition) is 6. The summed E-state index contributed by atoms with van der Waals surface area (Å²) in [5.74, 6) is 1.24. The van der Waals surface area contributed by atoms with E-state index in [0.717, 1.165) is 66.1 Å². The van der Waals surface area contributed by atoms with Gasteiger partial charge in [0.25, 0.3) is 0 Å². The highest BCUT2D eigenvalue weighted by Gasteiger charge is 2.25. The minimum Gasteiger partial charge on any atom is -0.467 e. The zero-order chi connectivity index (χ0) is 31.9. The largest absolute Gasteiger partial charge is 0.467 e. The van der Waals surface area contributed by atoms with Gasteiger partial charge in [0.2, 0.25) is 0 Å². The van der Waals surface area contributed by atoms with E-state index in [1.54, 1.807) is 14.2 Å². The van der Waals surface area contributed by atoms with Crippen LogP contribution < -0.4 is 9.47 Å². The van der Waals surface area contributed by atoms with Gasteiger partial charge in [-0.15, -0.1) is 0 Å². The Balaban J connectivity index is 1.73. The van der Waals surface area contributed by atoms with E-state index in [2.05, 4.69) is 72.8 Å². The van der Waals surface area contributed by atoms with Crippen LogP contribution >= 0.6 is 0 Å². The van der Waals surface area contributed by atoms with Gasteiger partial charge < -0.3 is 29.2 Å². The van der Waals surface area contributed by atoms with E-state index in [9.17, 15) is 10.2 Å². The van der Waals surface area contributed by atoms with Crippen LogP contribution in [0.1, 0.15) is 11.1 Å². The van der Waals surface area contributed by atoms with E-state index < -0.39 is 0 Å². The molecule has 6 aromatic rings. The molecule has 0 spiro atoms. The topological polar surface area (TPSA) is 77.4 Å². The van der Waals surface area contributed by atoms with Gasteiger partial charge in [-0.25, -0.2) is 0 Å². The fraction of sp³-hybridized carbons (Fsp3) is 0.200. The maximum Gasteiger partial charge on any atom is 0.188 e. The second-order valence-electron chi connectivity index (χ2n) is 11.1. The molecule has 0 radical (unpaired) electrons. The van der Waals surface area contributed by atoms with Crippen LogP contribution in [-0.4, -0.2) is 51.2 Å². The molecule has 0 aromatic heterocycles. The van der Waals surface area contributed by atoms with Crippen LogP contribution in [0.3, 0.4) is 0 Å². The SMILES string of the molecule is COCOc1c(CCO)cc2cc(-c3ccccc3)ccc2c1-c1c(OCOC)c(CCO)cc2cc(-c3ccccc3)ccc12. The van der Waals surface area contributed by atoms with Gasteiger partial charge >= 0.3 is 0 Å². The molecule has 46 heavy (non-hydrogen) atoms. The first kappa shape index (κ1) is 31.3. The number of aliphatic hydroxyl groups excluding tert-OH is 2. The molecule has 6 rings (SSSR count). The second kappa shape index (κ2) is 14.6. The first-order valence-electron chi connectivity index (χ1n) is 15.4. The van der Waals surface area contributed by atoms with Crippen molar-refractivity contribution < 1.29 is 29.2 Å². The predicted molar refractivity (Wildman–Crippen MR) is 184 cm³/mol. The third kappa shape index (κ3) is 6.34. The van der Waals surface area contributed by atoms with Gasteiger partial charge in [-0.05, 0) is 92.0 Å². The summed E-state index contributed by atoms with van der Waals surface area (Å²) < 4.78 is 23.6. The molecule has 0 unspecified atom stereocenters. The summed E-state index contributed by atoms with van der Waals surface area (Å²) >= 11 is 0.